The minimum Gasteiger partial charge on any atom is -0.481 e. The van der Waals surface area contributed by atoms with Gasteiger partial charge >= 0.3 is 0 Å². The van der Waals surface area contributed by atoms with Crippen molar-refractivity contribution >= 4 is 29.1 Å². The van der Waals surface area contributed by atoms with Crippen LogP contribution >= 0.6 is 23.2 Å². The number of nitrogens with one attached hydrogen (secondary N) is 3. The van der Waals surface area contributed by atoms with Crippen molar-refractivity contribution in [3.05, 3.63) is 93.7 Å². The zero-order valence-corrected chi connectivity index (χ0v) is 28.7. The highest BCUT2D eigenvalue weighted by Crippen LogP contribution is 2.42. The number of carbonyl (C=O) groups excluding carboxylic acids is 1. The predicted octanol–water partition coefficient (Wildman–Crippen LogP) is 5.72. The molecule has 0 radical (unpaired) electrons. The lowest BCUT2D eigenvalue weighted by molar-refractivity contribution is -0.120. The number of methoxy groups -OCH3 is 2. The third kappa shape index (κ3) is 6.84. The van der Waals surface area contributed by atoms with Gasteiger partial charge < -0.3 is 20.1 Å². The Balaban J connectivity index is 1.09. The van der Waals surface area contributed by atoms with E-state index in [2.05, 4.69) is 30.9 Å². The van der Waals surface area contributed by atoms with Gasteiger partial charge in [0.25, 0.3) is 0 Å². The van der Waals surface area contributed by atoms with Crippen LogP contribution in [0.15, 0.2) is 66.9 Å². The average molecular weight is 700 g/mol. The van der Waals surface area contributed by atoms with Gasteiger partial charge in [0, 0.05) is 78.9 Å². The molecule has 0 atom stereocenters. The van der Waals surface area contributed by atoms with Crippen LogP contribution < -0.4 is 20.1 Å². The SMILES string of the molecule is COc1nc(-c2cccc(-c3cccc(-c4ccc(CN5CC6(CCC(=O)N6)C5)c(OC)n4)c3Cl)c2Cl)ccc1CNCCc1cnn[nH]1. The number of likely N-dealkylation sites (tertiary alicyclic amines) is 1. The second kappa shape index (κ2) is 14.1. The van der Waals surface area contributed by atoms with Crippen LogP contribution in [0.2, 0.25) is 10.0 Å². The largest absolute Gasteiger partial charge is 0.481 e. The maximum Gasteiger partial charge on any atom is 0.220 e. The van der Waals surface area contributed by atoms with Crippen molar-refractivity contribution in [2.45, 2.75) is 37.9 Å². The van der Waals surface area contributed by atoms with Crippen LogP contribution in [0.1, 0.15) is 29.7 Å². The quantitative estimate of drug-likeness (QED) is 0.140. The summed E-state index contributed by atoms with van der Waals surface area (Å²) < 4.78 is 11.4. The second-order valence-corrected chi connectivity index (χ2v) is 13.2. The summed E-state index contributed by atoms with van der Waals surface area (Å²) in [6.45, 7) is 3.67. The van der Waals surface area contributed by atoms with Gasteiger partial charge in [0.2, 0.25) is 17.7 Å². The molecular formula is C36H36Cl2N8O3. The molecule has 3 aromatic heterocycles. The number of H-pyrrole nitrogens is 1. The maximum absolute atomic E-state index is 11.7. The molecule has 0 unspecified atom stereocenters. The van der Waals surface area contributed by atoms with Crippen molar-refractivity contribution in [3.63, 3.8) is 0 Å². The second-order valence-electron chi connectivity index (χ2n) is 12.4. The molecule has 1 spiro atoms. The number of amides is 1. The van der Waals surface area contributed by atoms with Crippen LogP contribution in [0.5, 0.6) is 11.8 Å². The topological polar surface area (TPSA) is 130 Å². The molecule has 3 N–H and O–H groups in total. The Labute approximate surface area is 294 Å². The van der Waals surface area contributed by atoms with Gasteiger partial charge in [-0.15, -0.1) is 5.10 Å². The number of hydrogen-bond acceptors (Lipinski definition) is 9. The molecule has 252 valence electrons. The Kier molecular flexibility index (Phi) is 9.50. The zero-order chi connectivity index (χ0) is 34.0. The number of aromatic nitrogens is 5. The minimum absolute atomic E-state index is 0.0764. The molecule has 49 heavy (non-hydrogen) atoms. The first-order valence-corrected chi connectivity index (χ1v) is 16.9. The number of nitrogens with zero attached hydrogens (tertiary/aromatic N) is 5. The third-order valence-corrected chi connectivity index (χ3v) is 9.95. The van der Waals surface area contributed by atoms with E-state index in [1.165, 1.54) is 0 Å². The molecule has 2 fully saturated rings. The Morgan fingerprint density at radius 3 is 2.04 bits per heavy atom. The van der Waals surface area contributed by atoms with Gasteiger partial charge in [0.15, 0.2) is 0 Å². The van der Waals surface area contributed by atoms with Crippen molar-refractivity contribution in [2.75, 3.05) is 33.9 Å². The highest BCUT2D eigenvalue weighted by Gasteiger charge is 2.47. The summed E-state index contributed by atoms with van der Waals surface area (Å²) in [5, 5.41) is 18.0. The van der Waals surface area contributed by atoms with Crippen LogP contribution in [0.3, 0.4) is 0 Å². The molecule has 0 bridgehead atoms. The summed E-state index contributed by atoms with van der Waals surface area (Å²) in [6, 6.07) is 19.6. The van der Waals surface area contributed by atoms with Gasteiger partial charge in [0.05, 0.1) is 53.1 Å². The van der Waals surface area contributed by atoms with E-state index in [4.69, 9.17) is 42.6 Å². The molecular weight excluding hydrogens is 663 g/mol. The first-order chi connectivity index (χ1) is 23.9. The van der Waals surface area contributed by atoms with Crippen LogP contribution in [0.4, 0.5) is 0 Å². The van der Waals surface area contributed by atoms with Gasteiger partial charge in [-0.1, -0.05) is 76.9 Å². The van der Waals surface area contributed by atoms with Crippen molar-refractivity contribution in [1.29, 1.82) is 0 Å². The van der Waals surface area contributed by atoms with Gasteiger partial charge in [-0.2, -0.15) is 0 Å². The van der Waals surface area contributed by atoms with E-state index < -0.39 is 0 Å². The monoisotopic (exact) mass is 698 g/mol. The summed E-state index contributed by atoms with van der Waals surface area (Å²) in [5.41, 5.74) is 7.27. The first kappa shape index (κ1) is 33.0. The van der Waals surface area contributed by atoms with E-state index in [1.807, 2.05) is 60.7 Å². The Morgan fingerprint density at radius 1 is 0.857 bits per heavy atom. The van der Waals surface area contributed by atoms with E-state index in [-0.39, 0.29) is 11.4 Å². The lowest BCUT2D eigenvalue weighted by Crippen LogP contribution is -2.66. The predicted molar refractivity (Wildman–Crippen MR) is 189 cm³/mol. The Morgan fingerprint density at radius 2 is 1.47 bits per heavy atom. The van der Waals surface area contributed by atoms with Gasteiger partial charge in [-0.3, -0.25) is 14.8 Å². The highest BCUT2D eigenvalue weighted by molar-refractivity contribution is 6.39. The summed E-state index contributed by atoms with van der Waals surface area (Å²) in [7, 11) is 3.24. The summed E-state index contributed by atoms with van der Waals surface area (Å²) >= 11 is 14.2. The molecule has 13 heteroatoms. The smallest absolute Gasteiger partial charge is 0.220 e. The number of benzene rings is 2. The number of aromatic amines is 1. The molecule has 0 saturated carbocycles. The normalized spacial score (nSPS) is 15.3. The zero-order valence-electron chi connectivity index (χ0n) is 27.2. The summed E-state index contributed by atoms with van der Waals surface area (Å²) in [4.78, 5) is 23.7. The number of halogens is 2. The van der Waals surface area contributed by atoms with Gasteiger partial charge in [0.1, 0.15) is 0 Å². The summed E-state index contributed by atoms with van der Waals surface area (Å²) in [5.74, 6) is 1.21. The lowest BCUT2D eigenvalue weighted by Gasteiger charge is -2.48. The molecule has 2 aliphatic heterocycles. The van der Waals surface area contributed by atoms with Crippen LogP contribution in [0.25, 0.3) is 33.6 Å². The number of ether oxygens (including phenoxy) is 2. The third-order valence-electron chi connectivity index (χ3n) is 9.14. The fourth-order valence-corrected chi connectivity index (χ4v) is 7.33. The molecule has 11 nitrogen and oxygen atoms in total. The molecule has 1 amide bonds. The maximum atomic E-state index is 11.7. The molecule has 2 aromatic carbocycles. The fourth-order valence-electron chi connectivity index (χ4n) is 6.68. The van der Waals surface area contributed by atoms with Gasteiger partial charge in [-0.05, 0) is 18.6 Å². The van der Waals surface area contributed by atoms with E-state index in [0.29, 0.717) is 52.7 Å². The number of rotatable bonds is 12. The van der Waals surface area contributed by atoms with E-state index >= 15 is 0 Å². The molecule has 2 saturated heterocycles. The van der Waals surface area contributed by atoms with E-state index in [0.717, 1.165) is 71.6 Å². The van der Waals surface area contributed by atoms with Crippen molar-refractivity contribution in [2.24, 2.45) is 0 Å². The van der Waals surface area contributed by atoms with Crippen LogP contribution in [-0.2, 0) is 24.3 Å². The fraction of sp³-hybridized carbons (Fsp3) is 0.306. The number of hydrogen-bond donors (Lipinski definition) is 3. The molecule has 5 aromatic rings. The highest BCUT2D eigenvalue weighted by atomic mass is 35.5. The van der Waals surface area contributed by atoms with Gasteiger partial charge in [-0.25, -0.2) is 9.97 Å². The summed E-state index contributed by atoms with van der Waals surface area (Å²) in [6.07, 6.45) is 3.99. The molecule has 2 aliphatic rings. The molecule has 7 rings (SSSR count). The van der Waals surface area contributed by atoms with Crippen molar-refractivity contribution < 1.29 is 14.3 Å². The lowest BCUT2D eigenvalue weighted by atomic mass is 9.88. The van der Waals surface area contributed by atoms with Crippen LogP contribution in [0, 0.1) is 0 Å². The minimum atomic E-state index is -0.0764. The average Bonchev–Trinajstić information content (AvgIpc) is 3.77. The van der Waals surface area contributed by atoms with Crippen molar-refractivity contribution in [1.82, 2.24) is 40.9 Å². The first-order valence-electron chi connectivity index (χ1n) is 16.1. The number of carbonyl (C=O) groups is 1. The Hall–Kier alpha value is -4.55. The van der Waals surface area contributed by atoms with Crippen LogP contribution in [-0.4, -0.2) is 75.6 Å². The standard InChI is InChI=1S/C36H36Cl2N8O3/c1-48-34-22(17-39-16-14-24-18-40-45-44-24)9-11-29(41-34)27-7-3-5-25(32(27)37)26-6-4-8-28(33(26)38)30-12-10-23(35(42-30)49-2)19-46-20-36(21-46)15-13-31(47)43-36/h3-12,18,39H,13-17,19-21H2,1-2H3,(H,43,47)(H,40,44,45). The van der Waals surface area contributed by atoms with Crippen molar-refractivity contribution in [3.8, 4) is 45.4 Å². The van der Waals surface area contributed by atoms with E-state index in [1.54, 1.807) is 20.4 Å². The van der Waals surface area contributed by atoms with E-state index in [9.17, 15) is 4.79 Å². The number of pyridine rings is 2. The molecule has 0 aliphatic carbocycles. The molecule has 5 heterocycles. The Bertz CT molecular complexity index is 1980.